The molecule has 122 valence electrons. The van der Waals surface area contributed by atoms with Gasteiger partial charge in [0.05, 0.1) is 5.69 Å². The van der Waals surface area contributed by atoms with Gasteiger partial charge in [-0.3, -0.25) is 0 Å². The van der Waals surface area contributed by atoms with Crippen LogP contribution in [0.2, 0.25) is 5.02 Å². The molecular formula is C17H15ClFN5. The van der Waals surface area contributed by atoms with Crippen molar-refractivity contribution in [2.75, 3.05) is 16.4 Å². The normalized spacial score (nSPS) is 10.4. The summed E-state index contributed by atoms with van der Waals surface area (Å²) in [5, 5.41) is 6.64. The highest BCUT2D eigenvalue weighted by atomic mass is 35.5. The molecule has 24 heavy (non-hydrogen) atoms. The van der Waals surface area contributed by atoms with Gasteiger partial charge < -0.3 is 16.4 Å². The first-order valence-electron chi connectivity index (χ1n) is 7.24. The minimum absolute atomic E-state index is 0.292. The van der Waals surface area contributed by atoms with Crippen molar-refractivity contribution in [1.82, 2.24) is 9.97 Å². The van der Waals surface area contributed by atoms with E-state index in [0.29, 0.717) is 34.6 Å². The number of aromatic nitrogens is 2. The summed E-state index contributed by atoms with van der Waals surface area (Å²) in [6, 6.07) is 13.8. The van der Waals surface area contributed by atoms with Crippen LogP contribution in [-0.4, -0.2) is 9.97 Å². The molecule has 1 aromatic heterocycles. The molecule has 0 spiro atoms. The molecule has 0 saturated heterocycles. The van der Waals surface area contributed by atoms with Crippen molar-refractivity contribution in [3.63, 3.8) is 0 Å². The Morgan fingerprint density at radius 1 is 1.00 bits per heavy atom. The second kappa shape index (κ2) is 7.14. The molecule has 0 atom stereocenters. The van der Waals surface area contributed by atoms with Gasteiger partial charge in [-0.2, -0.15) is 0 Å². The minimum atomic E-state index is -0.388. The van der Waals surface area contributed by atoms with Gasteiger partial charge in [-0.15, -0.1) is 0 Å². The third kappa shape index (κ3) is 3.55. The molecule has 0 aliphatic carbocycles. The van der Waals surface area contributed by atoms with Crippen LogP contribution in [0.3, 0.4) is 0 Å². The van der Waals surface area contributed by atoms with Crippen molar-refractivity contribution in [1.29, 1.82) is 0 Å². The van der Waals surface area contributed by atoms with Gasteiger partial charge in [0.2, 0.25) is 0 Å². The number of benzene rings is 2. The zero-order valence-electron chi connectivity index (χ0n) is 12.6. The molecule has 0 aliphatic rings. The van der Waals surface area contributed by atoms with Crippen LogP contribution < -0.4 is 16.4 Å². The number of nitrogen functional groups attached to an aromatic ring is 1. The van der Waals surface area contributed by atoms with Crippen LogP contribution in [0, 0.1) is 5.82 Å². The lowest BCUT2D eigenvalue weighted by atomic mass is 10.2. The van der Waals surface area contributed by atoms with Crippen molar-refractivity contribution in [3.8, 4) is 0 Å². The molecule has 0 unspecified atom stereocenters. The Balaban J connectivity index is 1.78. The van der Waals surface area contributed by atoms with E-state index < -0.39 is 0 Å². The first kappa shape index (κ1) is 16.0. The quantitative estimate of drug-likeness (QED) is 0.647. The van der Waals surface area contributed by atoms with E-state index in [2.05, 4.69) is 20.6 Å². The van der Waals surface area contributed by atoms with Gasteiger partial charge in [0.1, 0.15) is 17.8 Å². The highest BCUT2D eigenvalue weighted by Crippen LogP contribution is 2.27. The van der Waals surface area contributed by atoms with Crippen molar-refractivity contribution < 1.29 is 4.39 Å². The number of halogens is 2. The van der Waals surface area contributed by atoms with E-state index in [1.165, 1.54) is 12.4 Å². The largest absolute Gasteiger partial charge is 0.393 e. The Labute approximate surface area is 143 Å². The van der Waals surface area contributed by atoms with Crippen LogP contribution >= 0.6 is 11.6 Å². The van der Waals surface area contributed by atoms with Crippen molar-refractivity contribution in [2.45, 2.75) is 6.54 Å². The average molecular weight is 344 g/mol. The lowest BCUT2D eigenvalue weighted by Gasteiger charge is -2.13. The van der Waals surface area contributed by atoms with Gasteiger partial charge in [-0.05, 0) is 23.8 Å². The van der Waals surface area contributed by atoms with Gasteiger partial charge in [-0.25, -0.2) is 14.4 Å². The summed E-state index contributed by atoms with van der Waals surface area (Å²) in [5.41, 5.74) is 7.59. The van der Waals surface area contributed by atoms with E-state index in [4.69, 9.17) is 17.3 Å². The zero-order valence-corrected chi connectivity index (χ0v) is 13.4. The standard InChI is InChI=1S/C17H15ClFN5/c18-12-6-2-1-5-11(12)9-21-16-15(20)17(23-10-22-16)24-14-8-4-3-7-13(14)19/h1-8,10H,9,20H2,(H2,21,22,23,24). The topological polar surface area (TPSA) is 75.9 Å². The van der Waals surface area contributed by atoms with Crippen molar-refractivity contribution in [3.05, 3.63) is 71.3 Å². The molecule has 4 N–H and O–H groups in total. The Kier molecular flexibility index (Phi) is 4.77. The maximum Gasteiger partial charge on any atom is 0.159 e. The minimum Gasteiger partial charge on any atom is -0.393 e. The van der Waals surface area contributed by atoms with E-state index in [1.54, 1.807) is 18.2 Å². The number of anilines is 4. The van der Waals surface area contributed by atoms with Crippen molar-refractivity contribution >= 4 is 34.6 Å². The van der Waals surface area contributed by atoms with Crippen LogP contribution in [0.15, 0.2) is 54.9 Å². The second-order valence-corrected chi connectivity index (χ2v) is 5.44. The highest BCUT2D eigenvalue weighted by Gasteiger charge is 2.10. The molecule has 0 bridgehead atoms. The SMILES string of the molecule is Nc1c(NCc2ccccc2Cl)ncnc1Nc1ccccc1F. The fraction of sp³-hybridized carbons (Fsp3) is 0.0588. The van der Waals surface area contributed by atoms with E-state index in [1.807, 2.05) is 24.3 Å². The number of rotatable bonds is 5. The molecular weight excluding hydrogens is 329 g/mol. The molecule has 7 heteroatoms. The highest BCUT2D eigenvalue weighted by molar-refractivity contribution is 6.31. The van der Waals surface area contributed by atoms with E-state index in [9.17, 15) is 4.39 Å². The maximum absolute atomic E-state index is 13.7. The number of hydrogen-bond acceptors (Lipinski definition) is 5. The molecule has 0 amide bonds. The Morgan fingerprint density at radius 2 is 1.71 bits per heavy atom. The predicted molar refractivity (Wildman–Crippen MR) is 94.9 cm³/mol. The lowest BCUT2D eigenvalue weighted by molar-refractivity contribution is 0.632. The summed E-state index contributed by atoms with van der Waals surface area (Å²) in [4.78, 5) is 8.19. The van der Waals surface area contributed by atoms with E-state index in [0.717, 1.165) is 5.56 Å². The molecule has 3 rings (SSSR count). The smallest absolute Gasteiger partial charge is 0.159 e. The second-order valence-electron chi connectivity index (χ2n) is 5.03. The summed E-state index contributed by atoms with van der Waals surface area (Å²) in [6.45, 7) is 0.458. The maximum atomic E-state index is 13.7. The molecule has 0 aliphatic heterocycles. The van der Waals surface area contributed by atoms with Gasteiger partial charge in [-0.1, -0.05) is 41.9 Å². The Bertz CT molecular complexity index is 856. The van der Waals surface area contributed by atoms with Gasteiger partial charge >= 0.3 is 0 Å². The molecule has 2 aromatic carbocycles. The Morgan fingerprint density at radius 3 is 2.50 bits per heavy atom. The summed E-state index contributed by atoms with van der Waals surface area (Å²) in [7, 11) is 0. The van der Waals surface area contributed by atoms with Gasteiger partial charge in [0, 0.05) is 11.6 Å². The Hall–Kier alpha value is -2.86. The van der Waals surface area contributed by atoms with Crippen molar-refractivity contribution in [2.24, 2.45) is 0 Å². The first-order valence-corrected chi connectivity index (χ1v) is 7.62. The number of hydrogen-bond donors (Lipinski definition) is 3. The van der Waals surface area contributed by atoms with Gasteiger partial charge in [0.25, 0.3) is 0 Å². The lowest BCUT2D eigenvalue weighted by Crippen LogP contribution is -2.08. The van der Waals surface area contributed by atoms with Crippen LogP contribution in [0.25, 0.3) is 0 Å². The number of nitrogens with one attached hydrogen (secondary N) is 2. The molecule has 3 aromatic rings. The molecule has 0 radical (unpaired) electrons. The zero-order chi connectivity index (χ0) is 16.9. The van der Waals surface area contributed by atoms with Crippen LogP contribution in [0.5, 0.6) is 0 Å². The number of nitrogens with two attached hydrogens (primary N) is 1. The molecule has 0 saturated carbocycles. The van der Waals surface area contributed by atoms with Crippen LogP contribution in [0.1, 0.15) is 5.56 Å². The van der Waals surface area contributed by atoms with E-state index >= 15 is 0 Å². The summed E-state index contributed by atoms with van der Waals surface area (Å²) >= 11 is 6.13. The van der Waals surface area contributed by atoms with E-state index in [-0.39, 0.29) is 5.82 Å². The summed E-state index contributed by atoms with van der Waals surface area (Å²) in [6.07, 6.45) is 1.36. The monoisotopic (exact) mass is 343 g/mol. The van der Waals surface area contributed by atoms with Crippen LogP contribution in [0.4, 0.5) is 27.4 Å². The third-order valence-electron chi connectivity index (χ3n) is 3.41. The average Bonchev–Trinajstić information content (AvgIpc) is 2.59. The molecule has 5 nitrogen and oxygen atoms in total. The van der Waals surface area contributed by atoms with Crippen LogP contribution in [-0.2, 0) is 6.54 Å². The molecule has 1 heterocycles. The predicted octanol–water partition coefficient (Wildman–Crippen LogP) is 4.21. The summed E-state index contributed by atoms with van der Waals surface area (Å²) < 4.78 is 13.7. The third-order valence-corrected chi connectivity index (χ3v) is 3.78. The molecule has 0 fully saturated rings. The first-order chi connectivity index (χ1) is 11.6. The fourth-order valence-corrected chi connectivity index (χ4v) is 2.35. The summed E-state index contributed by atoms with van der Waals surface area (Å²) in [5.74, 6) is 0.390. The van der Waals surface area contributed by atoms with Gasteiger partial charge in [0.15, 0.2) is 11.6 Å². The number of para-hydroxylation sites is 1. The fourth-order valence-electron chi connectivity index (χ4n) is 2.15. The number of nitrogens with zero attached hydrogens (tertiary/aromatic N) is 2.